The summed E-state index contributed by atoms with van der Waals surface area (Å²) in [6.07, 6.45) is -2.32. The fraction of sp³-hybridized carbons (Fsp3) is 0.700. The van der Waals surface area contributed by atoms with Gasteiger partial charge in [0.2, 0.25) is 5.91 Å². The molecule has 0 unspecified atom stereocenters. The molecular formula is C10H16F3N5O2. The second-order valence-corrected chi connectivity index (χ2v) is 3.98. The predicted octanol–water partition coefficient (Wildman–Crippen LogP) is -0.178. The fourth-order valence-corrected chi connectivity index (χ4v) is 1.31. The fourth-order valence-electron chi connectivity index (χ4n) is 1.31. The van der Waals surface area contributed by atoms with Crippen LogP contribution in [0.25, 0.3) is 0 Å². The van der Waals surface area contributed by atoms with E-state index >= 15 is 0 Å². The number of halogens is 3. The van der Waals surface area contributed by atoms with Gasteiger partial charge < -0.3 is 15.8 Å². The minimum absolute atomic E-state index is 0.0153. The second kappa shape index (κ2) is 7.80. The molecule has 0 saturated heterocycles. The quantitative estimate of drug-likeness (QED) is 0.649. The van der Waals surface area contributed by atoms with Crippen molar-refractivity contribution in [2.45, 2.75) is 25.7 Å². The van der Waals surface area contributed by atoms with Gasteiger partial charge in [0.25, 0.3) is 0 Å². The Morgan fingerprint density at radius 3 is 2.90 bits per heavy atom. The lowest BCUT2D eigenvalue weighted by atomic mass is 10.4. The lowest BCUT2D eigenvalue weighted by Gasteiger charge is -2.07. The molecule has 0 fully saturated rings. The van der Waals surface area contributed by atoms with Gasteiger partial charge in [0.15, 0.2) is 0 Å². The van der Waals surface area contributed by atoms with Gasteiger partial charge in [-0.15, -0.1) is 5.10 Å². The minimum Gasteiger partial charge on any atom is -0.372 e. The molecule has 114 valence electrons. The zero-order valence-corrected chi connectivity index (χ0v) is 10.7. The number of nitrogens with zero attached hydrogens (tertiary/aromatic N) is 3. The Labute approximate surface area is 113 Å². The van der Waals surface area contributed by atoms with Crippen LogP contribution in [0.15, 0.2) is 6.20 Å². The van der Waals surface area contributed by atoms with E-state index in [1.54, 1.807) is 6.20 Å². The van der Waals surface area contributed by atoms with E-state index in [-0.39, 0.29) is 25.6 Å². The first kappa shape index (κ1) is 16.4. The van der Waals surface area contributed by atoms with Crippen LogP contribution in [-0.4, -0.2) is 46.8 Å². The summed E-state index contributed by atoms with van der Waals surface area (Å²) in [4.78, 5) is 10.9. The predicted molar refractivity (Wildman–Crippen MR) is 62.4 cm³/mol. The van der Waals surface area contributed by atoms with Crippen molar-refractivity contribution in [1.82, 2.24) is 20.3 Å². The van der Waals surface area contributed by atoms with Gasteiger partial charge in [-0.25, -0.2) is 0 Å². The number of hydrogen-bond acceptors (Lipinski definition) is 5. The number of carbonyl (C=O) groups is 1. The van der Waals surface area contributed by atoms with Gasteiger partial charge in [-0.05, 0) is 6.42 Å². The Balaban J connectivity index is 2.19. The smallest absolute Gasteiger partial charge is 0.372 e. The molecule has 0 bridgehead atoms. The number of amides is 1. The Bertz CT molecular complexity index is 421. The SMILES string of the molecule is NCC(=O)NCc1cn(CCCOCC(F)(F)F)nn1. The third-order valence-electron chi connectivity index (χ3n) is 2.18. The molecule has 0 aromatic carbocycles. The molecule has 0 radical (unpaired) electrons. The molecule has 7 nitrogen and oxygen atoms in total. The Morgan fingerprint density at radius 1 is 1.50 bits per heavy atom. The summed E-state index contributed by atoms with van der Waals surface area (Å²) in [7, 11) is 0. The monoisotopic (exact) mass is 295 g/mol. The highest BCUT2D eigenvalue weighted by atomic mass is 19.4. The van der Waals surface area contributed by atoms with Crippen LogP contribution in [-0.2, 0) is 22.6 Å². The van der Waals surface area contributed by atoms with Crippen molar-refractivity contribution >= 4 is 5.91 Å². The van der Waals surface area contributed by atoms with Crippen LogP contribution in [0.4, 0.5) is 13.2 Å². The normalized spacial score (nSPS) is 11.6. The standard InChI is InChI=1S/C10H16F3N5O2/c11-10(12,13)7-20-3-1-2-18-6-8(16-17-18)5-15-9(19)4-14/h6H,1-5,7,14H2,(H,15,19). The number of aryl methyl sites for hydroxylation is 1. The van der Waals surface area contributed by atoms with Gasteiger partial charge >= 0.3 is 6.18 Å². The topological polar surface area (TPSA) is 95.1 Å². The van der Waals surface area contributed by atoms with E-state index < -0.39 is 12.8 Å². The van der Waals surface area contributed by atoms with Crippen LogP contribution in [0.2, 0.25) is 0 Å². The third kappa shape index (κ3) is 7.04. The van der Waals surface area contributed by atoms with E-state index in [4.69, 9.17) is 5.73 Å². The van der Waals surface area contributed by atoms with Gasteiger partial charge in [0, 0.05) is 13.2 Å². The molecule has 1 rings (SSSR count). The molecular weight excluding hydrogens is 279 g/mol. The van der Waals surface area contributed by atoms with E-state index in [0.717, 1.165) is 0 Å². The summed E-state index contributed by atoms with van der Waals surface area (Å²) in [6.45, 7) is -0.777. The van der Waals surface area contributed by atoms with E-state index in [1.807, 2.05) is 0 Å². The van der Waals surface area contributed by atoms with Crippen molar-refractivity contribution in [2.75, 3.05) is 19.8 Å². The summed E-state index contributed by atoms with van der Waals surface area (Å²) in [5, 5.41) is 10.1. The third-order valence-corrected chi connectivity index (χ3v) is 2.18. The molecule has 0 aliphatic rings. The van der Waals surface area contributed by atoms with Crippen molar-refractivity contribution in [3.63, 3.8) is 0 Å². The lowest BCUT2D eigenvalue weighted by Crippen LogP contribution is -2.29. The molecule has 20 heavy (non-hydrogen) atoms. The molecule has 0 atom stereocenters. The highest BCUT2D eigenvalue weighted by Crippen LogP contribution is 2.14. The summed E-state index contributed by atoms with van der Waals surface area (Å²) < 4.78 is 41.3. The first-order valence-corrected chi connectivity index (χ1v) is 5.91. The number of alkyl halides is 3. The highest BCUT2D eigenvalue weighted by molar-refractivity contribution is 5.77. The van der Waals surface area contributed by atoms with Crippen LogP contribution in [0, 0.1) is 0 Å². The molecule has 0 saturated carbocycles. The molecule has 1 amide bonds. The first-order valence-electron chi connectivity index (χ1n) is 5.91. The van der Waals surface area contributed by atoms with Crippen LogP contribution in [0.5, 0.6) is 0 Å². The molecule has 10 heteroatoms. The Kier molecular flexibility index (Phi) is 6.39. The minimum atomic E-state index is -4.30. The summed E-state index contributed by atoms with van der Waals surface area (Å²) in [5.74, 6) is -0.305. The van der Waals surface area contributed by atoms with Crippen molar-refractivity contribution in [3.05, 3.63) is 11.9 Å². The molecule has 0 spiro atoms. The summed E-state index contributed by atoms with van der Waals surface area (Å²) >= 11 is 0. The zero-order chi connectivity index (χ0) is 15.0. The van der Waals surface area contributed by atoms with E-state index in [1.165, 1.54) is 4.68 Å². The largest absolute Gasteiger partial charge is 0.411 e. The van der Waals surface area contributed by atoms with Crippen LogP contribution in [0.3, 0.4) is 0 Å². The molecule has 1 aromatic rings. The lowest BCUT2D eigenvalue weighted by molar-refractivity contribution is -0.174. The van der Waals surface area contributed by atoms with Crippen molar-refractivity contribution < 1.29 is 22.7 Å². The second-order valence-electron chi connectivity index (χ2n) is 3.98. The van der Waals surface area contributed by atoms with Crippen molar-refractivity contribution in [3.8, 4) is 0 Å². The Hall–Kier alpha value is -1.68. The number of nitrogens with two attached hydrogens (primary N) is 1. The number of carbonyl (C=O) groups excluding carboxylic acids is 1. The van der Waals surface area contributed by atoms with Crippen molar-refractivity contribution in [1.29, 1.82) is 0 Å². The van der Waals surface area contributed by atoms with Gasteiger partial charge in [-0.2, -0.15) is 13.2 Å². The Morgan fingerprint density at radius 2 is 2.25 bits per heavy atom. The maximum atomic E-state index is 11.8. The maximum absolute atomic E-state index is 11.8. The van der Waals surface area contributed by atoms with Crippen LogP contribution in [0.1, 0.15) is 12.1 Å². The van der Waals surface area contributed by atoms with Crippen LogP contribution >= 0.6 is 0 Å². The molecule has 1 heterocycles. The summed E-state index contributed by atoms with van der Waals surface area (Å²) in [6, 6.07) is 0. The van der Waals surface area contributed by atoms with Gasteiger partial charge in [-0.1, -0.05) is 5.21 Å². The van der Waals surface area contributed by atoms with E-state index in [9.17, 15) is 18.0 Å². The van der Waals surface area contributed by atoms with Gasteiger partial charge in [0.05, 0.1) is 19.3 Å². The number of rotatable bonds is 8. The molecule has 1 aromatic heterocycles. The van der Waals surface area contributed by atoms with Crippen molar-refractivity contribution in [2.24, 2.45) is 5.73 Å². The zero-order valence-electron chi connectivity index (χ0n) is 10.7. The average molecular weight is 295 g/mol. The van der Waals surface area contributed by atoms with E-state index in [0.29, 0.717) is 18.7 Å². The number of nitrogens with one attached hydrogen (secondary N) is 1. The molecule has 0 aliphatic carbocycles. The van der Waals surface area contributed by atoms with Gasteiger partial charge in [0.1, 0.15) is 12.3 Å². The maximum Gasteiger partial charge on any atom is 0.411 e. The van der Waals surface area contributed by atoms with Crippen LogP contribution < -0.4 is 11.1 Å². The molecule has 0 aliphatic heterocycles. The number of aromatic nitrogens is 3. The number of ether oxygens (including phenoxy) is 1. The van der Waals surface area contributed by atoms with Gasteiger partial charge in [-0.3, -0.25) is 9.48 Å². The molecule has 3 N–H and O–H groups in total. The van der Waals surface area contributed by atoms with E-state index in [2.05, 4.69) is 20.4 Å². The number of hydrogen-bond donors (Lipinski definition) is 2. The first-order chi connectivity index (χ1) is 9.40. The summed E-state index contributed by atoms with van der Waals surface area (Å²) in [5.41, 5.74) is 5.66. The average Bonchev–Trinajstić information content (AvgIpc) is 2.82. The highest BCUT2D eigenvalue weighted by Gasteiger charge is 2.27.